The Kier molecular flexibility index (Phi) is 5.10. The van der Waals surface area contributed by atoms with Crippen LogP contribution in [0.1, 0.15) is 12.0 Å². The van der Waals surface area contributed by atoms with E-state index in [0.29, 0.717) is 28.2 Å². The maximum absolute atomic E-state index is 5.89. The molecule has 14 heavy (non-hydrogen) atoms. The highest BCUT2D eigenvalue weighted by molar-refractivity contribution is 7.98. The van der Waals surface area contributed by atoms with E-state index in [0.717, 1.165) is 0 Å². The highest BCUT2D eigenvalue weighted by atomic mass is 35.5. The van der Waals surface area contributed by atoms with Crippen LogP contribution in [0.4, 0.5) is 0 Å². The molecule has 0 saturated carbocycles. The molecule has 0 spiro atoms. The minimum Gasteiger partial charge on any atom is -0.230 e. The minimum atomic E-state index is 0.395. The lowest BCUT2D eigenvalue weighted by Gasteiger charge is -1.96. The van der Waals surface area contributed by atoms with E-state index >= 15 is 0 Å². The Morgan fingerprint density at radius 2 is 2.36 bits per heavy atom. The van der Waals surface area contributed by atoms with Crippen LogP contribution in [-0.2, 0) is 0 Å². The predicted octanol–water partition coefficient (Wildman–Crippen LogP) is 2.83. The Morgan fingerprint density at radius 1 is 1.57 bits per heavy atom. The van der Waals surface area contributed by atoms with Gasteiger partial charge in [0.1, 0.15) is 5.15 Å². The quantitative estimate of drug-likeness (QED) is 0.264. The predicted molar refractivity (Wildman–Crippen MR) is 61.0 cm³/mol. The number of halogens is 2. The van der Waals surface area contributed by atoms with Gasteiger partial charge in [-0.15, -0.1) is 11.6 Å². The van der Waals surface area contributed by atoms with E-state index in [-0.39, 0.29) is 0 Å². The zero-order chi connectivity index (χ0) is 10.4. The first-order valence-electron chi connectivity index (χ1n) is 3.89. The van der Waals surface area contributed by atoms with Crippen molar-refractivity contribution < 1.29 is 0 Å². The summed E-state index contributed by atoms with van der Waals surface area (Å²) in [4.78, 5) is 8.12. The summed E-state index contributed by atoms with van der Waals surface area (Å²) in [6.45, 7) is 0. The summed E-state index contributed by atoms with van der Waals surface area (Å²) in [5, 5.41) is 1.05. The van der Waals surface area contributed by atoms with Gasteiger partial charge in [0.05, 0.1) is 5.56 Å². The van der Waals surface area contributed by atoms with Gasteiger partial charge >= 0.3 is 0 Å². The van der Waals surface area contributed by atoms with Crippen molar-refractivity contribution in [1.29, 1.82) is 0 Å². The first-order chi connectivity index (χ1) is 6.77. The van der Waals surface area contributed by atoms with Crippen molar-refractivity contribution in [2.75, 3.05) is 12.1 Å². The molecule has 1 heterocycles. The third-order valence-electron chi connectivity index (χ3n) is 1.35. The van der Waals surface area contributed by atoms with E-state index in [1.807, 2.05) is 6.26 Å². The molecule has 0 bridgehead atoms. The summed E-state index contributed by atoms with van der Waals surface area (Å²) in [6, 6.07) is 0. The molecule has 1 aromatic heterocycles. The molecular weight excluding hydrogens is 239 g/mol. The number of alkyl halides is 1. The van der Waals surface area contributed by atoms with E-state index in [2.05, 4.69) is 21.8 Å². The van der Waals surface area contributed by atoms with Crippen LogP contribution in [0.3, 0.4) is 0 Å². The second-order valence-electron chi connectivity index (χ2n) is 2.30. The molecule has 0 unspecified atom stereocenters. The molecular formula is C9H8Cl2N2S. The fourth-order valence-electron chi connectivity index (χ4n) is 0.733. The maximum Gasteiger partial charge on any atom is 0.188 e. The lowest BCUT2D eigenvalue weighted by Crippen LogP contribution is -1.89. The van der Waals surface area contributed by atoms with Crippen molar-refractivity contribution in [3.8, 4) is 11.8 Å². The highest BCUT2D eigenvalue weighted by Gasteiger charge is 2.00. The summed E-state index contributed by atoms with van der Waals surface area (Å²) in [5.41, 5.74) is 0.648. The molecule has 1 rings (SSSR count). The Morgan fingerprint density at radius 3 is 2.93 bits per heavy atom. The molecule has 0 N–H and O–H groups in total. The maximum atomic E-state index is 5.89. The molecule has 1 aromatic rings. The third-order valence-corrected chi connectivity index (χ3v) is 2.38. The van der Waals surface area contributed by atoms with Crippen molar-refractivity contribution in [2.45, 2.75) is 11.6 Å². The molecule has 0 amide bonds. The largest absolute Gasteiger partial charge is 0.230 e. The molecule has 0 aliphatic heterocycles. The van der Waals surface area contributed by atoms with Gasteiger partial charge in [0.2, 0.25) is 0 Å². The van der Waals surface area contributed by atoms with Gasteiger partial charge in [-0.05, 0) is 6.26 Å². The number of aromatic nitrogens is 2. The number of thioether (sulfide) groups is 1. The summed E-state index contributed by atoms with van der Waals surface area (Å²) < 4.78 is 0. The summed E-state index contributed by atoms with van der Waals surface area (Å²) >= 11 is 12.8. The van der Waals surface area contributed by atoms with Gasteiger partial charge in [0.15, 0.2) is 5.16 Å². The molecule has 0 aliphatic carbocycles. The van der Waals surface area contributed by atoms with Crippen LogP contribution in [0.2, 0.25) is 5.15 Å². The van der Waals surface area contributed by atoms with Crippen LogP contribution in [0, 0.1) is 11.8 Å². The lowest BCUT2D eigenvalue weighted by atomic mass is 10.3. The van der Waals surface area contributed by atoms with Crippen molar-refractivity contribution >= 4 is 35.0 Å². The van der Waals surface area contributed by atoms with Crippen molar-refractivity contribution in [1.82, 2.24) is 9.97 Å². The summed E-state index contributed by atoms with van der Waals surface area (Å²) in [5.74, 6) is 6.26. The van der Waals surface area contributed by atoms with Crippen LogP contribution in [0.25, 0.3) is 0 Å². The average molecular weight is 247 g/mol. The lowest BCUT2D eigenvalue weighted by molar-refractivity contribution is 0.965. The minimum absolute atomic E-state index is 0.395. The van der Waals surface area contributed by atoms with Crippen molar-refractivity contribution in [3.05, 3.63) is 16.9 Å². The molecule has 0 aromatic carbocycles. The third kappa shape index (κ3) is 3.38. The summed E-state index contributed by atoms with van der Waals surface area (Å²) in [6.07, 6.45) is 4.16. The van der Waals surface area contributed by atoms with Crippen LogP contribution in [-0.4, -0.2) is 22.1 Å². The molecule has 0 radical (unpaired) electrons. The van der Waals surface area contributed by atoms with Gasteiger partial charge < -0.3 is 0 Å². The standard InChI is InChI=1S/C9H8Cl2N2S/c1-14-9-12-6-7(8(11)13-9)4-2-3-5-10/h6H,3,5H2,1H3. The molecule has 74 valence electrons. The fourth-order valence-corrected chi connectivity index (χ4v) is 1.39. The monoisotopic (exact) mass is 246 g/mol. The first-order valence-corrected chi connectivity index (χ1v) is 6.03. The first kappa shape index (κ1) is 11.6. The van der Waals surface area contributed by atoms with E-state index in [4.69, 9.17) is 23.2 Å². The molecule has 0 saturated heterocycles. The Balaban J connectivity index is 2.85. The average Bonchev–Trinajstić information content (AvgIpc) is 2.20. The van der Waals surface area contributed by atoms with E-state index in [1.165, 1.54) is 11.8 Å². The van der Waals surface area contributed by atoms with Crippen LogP contribution in [0.5, 0.6) is 0 Å². The fraction of sp³-hybridized carbons (Fsp3) is 0.333. The van der Waals surface area contributed by atoms with Crippen LogP contribution in [0.15, 0.2) is 11.4 Å². The molecule has 5 heteroatoms. The smallest absolute Gasteiger partial charge is 0.188 e. The topological polar surface area (TPSA) is 25.8 Å². The van der Waals surface area contributed by atoms with E-state index in [1.54, 1.807) is 6.20 Å². The second kappa shape index (κ2) is 6.13. The Labute approximate surface area is 97.4 Å². The van der Waals surface area contributed by atoms with Crippen molar-refractivity contribution in [2.24, 2.45) is 0 Å². The van der Waals surface area contributed by atoms with E-state index < -0.39 is 0 Å². The number of hydrogen-bond donors (Lipinski definition) is 0. The summed E-state index contributed by atoms with van der Waals surface area (Å²) in [7, 11) is 0. The van der Waals surface area contributed by atoms with Gasteiger partial charge in [-0.3, -0.25) is 0 Å². The number of hydrogen-bond acceptors (Lipinski definition) is 3. The molecule has 2 nitrogen and oxygen atoms in total. The van der Waals surface area contributed by atoms with Gasteiger partial charge in [-0.25, -0.2) is 9.97 Å². The Hall–Kier alpha value is -0.430. The number of rotatable bonds is 2. The number of nitrogens with zero attached hydrogens (tertiary/aromatic N) is 2. The van der Waals surface area contributed by atoms with Gasteiger partial charge in [-0.1, -0.05) is 35.2 Å². The van der Waals surface area contributed by atoms with Crippen LogP contribution < -0.4 is 0 Å². The normalized spacial score (nSPS) is 9.36. The SMILES string of the molecule is CSc1ncc(C#CCCCl)c(Cl)n1. The van der Waals surface area contributed by atoms with Gasteiger partial charge in [0, 0.05) is 18.5 Å². The molecule has 0 atom stereocenters. The zero-order valence-corrected chi connectivity index (χ0v) is 9.88. The van der Waals surface area contributed by atoms with Crippen molar-refractivity contribution in [3.63, 3.8) is 0 Å². The Bertz CT molecular complexity index is 371. The van der Waals surface area contributed by atoms with Crippen LogP contribution >= 0.6 is 35.0 Å². The molecule has 0 aliphatic rings. The zero-order valence-electron chi connectivity index (χ0n) is 7.55. The second-order valence-corrected chi connectivity index (χ2v) is 3.81. The highest BCUT2D eigenvalue weighted by Crippen LogP contribution is 2.15. The van der Waals surface area contributed by atoms with Gasteiger partial charge in [-0.2, -0.15) is 0 Å². The molecule has 0 fully saturated rings. The van der Waals surface area contributed by atoms with E-state index in [9.17, 15) is 0 Å². The van der Waals surface area contributed by atoms with Gasteiger partial charge in [0.25, 0.3) is 0 Å².